The number of piperidine rings is 1. The minimum absolute atomic E-state index is 0.112. The van der Waals surface area contributed by atoms with Crippen molar-refractivity contribution in [2.45, 2.75) is 32.1 Å². The maximum absolute atomic E-state index is 11.0. The van der Waals surface area contributed by atoms with E-state index in [0.29, 0.717) is 5.41 Å². The van der Waals surface area contributed by atoms with Crippen LogP contribution in [0.1, 0.15) is 32.1 Å². The molecule has 0 radical (unpaired) electrons. The molecule has 0 unspecified atom stereocenters. The molecule has 1 saturated carbocycles. The summed E-state index contributed by atoms with van der Waals surface area (Å²) >= 11 is 0. The first-order valence-electron chi connectivity index (χ1n) is 6.37. The minimum atomic E-state index is -0.122. The van der Waals surface area contributed by atoms with Gasteiger partial charge in [0.05, 0.1) is 0 Å². The molecule has 0 aromatic heterocycles. The van der Waals surface area contributed by atoms with Crippen LogP contribution >= 0.6 is 0 Å². The van der Waals surface area contributed by atoms with Crippen molar-refractivity contribution in [1.82, 2.24) is 4.90 Å². The van der Waals surface area contributed by atoms with E-state index >= 15 is 0 Å². The number of primary amides is 1. The number of amides is 1. The van der Waals surface area contributed by atoms with Gasteiger partial charge in [0.2, 0.25) is 5.91 Å². The number of likely N-dealkylation sites (tertiary alicyclic amines) is 1. The topological polar surface area (TPSA) is 72.3 Å². The van der Waals surface area contributed by atoms with E-state index in [9.17, 15) is 4.79 Å². The lowest BCUT2D eigenvalue weighted by molar-refractivity contribution is -0.123. The van der Waals surface area contributed by atoms with Crippen LogP contribution in [0.3, 0.4) is 0 Å². The van der Waals surface area contributed by atoms with Crippen molar-refractivity contribution in [2.75, 3.05) is 26.2 Å². The molecular formula is C12H23N3O. The fourth-order valence-corrected chi connectivity index (χ4v) is 2.82. The molecule has 1 aliphatic carbocycles. The normalized spacial score (nSPS) is 25.6. The highest BCUT2D eigenvalue weighted by molar-refractivity contribution is 5.76. The van der Waals surface area contributed by atoms with Crippen molar-refractivity contribution >= 4 is 5.91 Å². The summed E-state index contributed by atoms with van der Waals surface area (Å²) in [5.41, 5.74) is 11.5. The highest BCUT2D eigenvalue weighted by Gasteiger charge is 2.43. The van der Waals surface area contributed by atoms with E-state index in [4.69, 9.17) is 11.5 Å². The Kier molecular flexibility index (Phi) is 3.50. The third kappa shape index (κ3) is 2.74. The summed E-state index contributed by atoms with van der Waals surface area (Å²) in [6.07, 6.45) is 5.70. The van der Waals surface area contributed by atoms with Crippen LogP contribution in [0.15, 0.2) is 0 Å². The molecule has 4 heteroatoms. The van der Waals surface area contributed by atoms with Crippen LogP contribution in [-0.2, 0) is 4.79 Å². The zero-order valence-corrected chi connectivity index (χ0v) is 9.95. The van der Waals surface area contributed by atoms with E-state index in [1.165, 1.54) is 19.4 Å². The van der Waals surface area contributed by atoms with Gasteiger partial charge in [-0.25, -0.2) is 0 Å². The minimum Gasteiger partial charge on any atom is -0.369 e. The Hall–Kier alpha value is -0.610. The summed E-state index contributed by atoms with van der Waals surface area (Å²) in [6, 6.07) is 0. The van der Waals surface area contributed by atoms with E-state index in [1.54, 1.807) is 0 Å². The molecule has 0 atom stereocenters. The van der Waals surface area contributed by atoms with E-state index in [-0.39, 0.29) is 11.8 Å². The van der Waals surface area contributed by atoms with Gasteiger partial charge in [-0.2, -0.15) is 0 Å². The summed E-state index contributed by atoms with van der Waals surface area (Å²) in [5, 5.41) is 0. The number of nitrogens with zero attached hydrogens (tertiary/aromatic N) is 1. The molecule has 16 heavy (non-hydrogen) atoms. The monoisotopic (exact) mass is 225 g/mol. The van der Waals surface area contributed by atoms with Crippen molar-refractivity contribution in [3.05, 3.63) is 0 Å². The summed E-state index contributed by atoms with van der Waals surface area (Å²) in [6.45, 7) is 4.04. The van der Waals surface area contributed by atoms with Crippen LogP contribution in [0.4, 0.5) is 0 Å². The molecule has 1 saturated heterocycles. The summed E-state index contributed by atoms with van der Waals surface area (Å²) in [5.74, 6) is -0.0105. The molecular weight excluding hydrogens is 202 g/mol. The van der Waals surface area contributed by atoms with Gasteiger partial charge in [-0.15, -0.1) is 0 Å². The Balaban J connectivity index is 1.75. The lowest BCUT2D eigenvalue weighted by Crippen LogP contribution is -2.41. The van der Waals surface area contributed by atoms with Crippen LogP contribution in [0.25, 0.3) is 0 Å². The molecule has 0 aromatic carbocycles. The van der Waals surface area contributed by atoms with Gasteiger partial charge < -0.3 is 16.4 Å². The average molecular weight is 225 g/mol. The molecule has 2 aliphatic rings. The van der Waals surface area contributed by atoms with Crippen molar-refractivity contribution in [3.8, 4) is 0 Å². The average Bonchev–Trinajstić information content (AvgIpc) is 2.99. The van der Waals surface area contributed by atoms with Gasteiger partial charge in [-0.3, -0.25) is 4.79 Å². The van der Waals surface area contributed by atoms with Gasteiger partial charge in [0.25, 0.3) is 0 Å². The Morgan fingerprint density at radius 3 is 2.38 bits per heavy atom. The molecule has 1 amide bonds. The second-order valence-corrected chi connectivity index (χ2v) is 5.49. The van der Waals surface area contributed by atoms with Crippen LogP contribution in [-0.4, -0.2) is 37.0 Å². The predicted molar refractivity (Wildman–Crippen MR) is 63.7 cm³/mol. The van der Waals surface area contributed by atoms with E-state index in [1.807, 2.05) is 0 Å². The Labute approximate surface area is 97.3 Å². The largest absolute Gasteiger partial charge is 0.369 e. The Morgan fingerprint density at radius 2 is 1.94 bits per heavy atom. The van der Waals surface area contributed by atoms with E-state index in [2.05, 4.69) is 4.90 Å². The molecule has 0 bridgehead atoms. The lowest BCUT2D eigenvalue weighted by Gasteiger charge is -2.33. The SMILES string of the molecule is NCCC1(CN2CCC(C(N)=O)CC2)CC1. The lowest BCUT2D eigenvalue weighted by atomic mass is 9.94. The number of carbonyl (C=O) groups is 1. The molecule has 1 aliphatic heterocycles. The van der Waals surface area contributed by atoms with Crippen LogP contribution in [0.5, 0.6) is 0 Å². The number of nitrogens with two attached hydrogens (primary N) is 2. The number of carbonyl (C=O) groups excluding carboxylic acids is 1. The van der Waals surface area contributed by atoms with Crippen LogP contribution in [0.2, 0.25) is 0 Å². The smallest absolute Gasteiger partial charge is 0.220 e. The highest BCUT2D eigenvalue weighted by atomic mass is 16.1. The van der Waals surface area contributed by atoms with Crippen LogP contribution in [0, 0.1) is 11.3 Å². The van der Waals surface area contributed by atoms with Gasteiger partial charge >= 0.3 is 0 Å². The second kappa shape index (κ2) is 4.72. The first kappa shape index (κ1) is 11.9. The molecule has 4 nitrogen and oxygen atoms in total. The first-order chi connectivity index (χ1) is 7.65. The van der Waals surface area contributed by atoms with E-state index in [0.717, 1.165) is 38.9 Å². The standard InChI is InChI=1S/C12H23N3O/c13-6-5-12(3-4-12)9-15-7-1-10(2-8-15)11(14)16/h10H,1-9,13H2,(H2,14,16). The van der Waals surface area contributed by atoms with Gasteiger partial charge in [-0.1, -0.05) is 0 Å². The molecule has 0 aromatic rings. The highest BCUT2D eigenvalue weighted by Crippen LogP contribution is 2.49. The summed E-state index contributed by atoms with van der Waals surface area (Å²) in [7, 11) is 0. The van der Waals surface area contributed by atoms with Crippen molar-refractivity contribution in [3.63, 3.8) is 0 Å². The molecule has 0 spiro atoms. The Bertz CT molecular complexity index is 255. The molecule has 4 N–H and O–H groups in total. The summed E-state index contributed by atoms with van der Waals surface area (Å²) in [4.78, 5) is 13.5. The fraction of sp³-hybridized carbons (Fsp3) is 0.917. The fourth-order valence-electron chi connectivity index (χ4n) is 2.82. The first-order valence-corrected chi connectivity index (χ1v) is 6.37. The maximum atomic E-state index is 11.0. The van der Waals surface area contributed by atoms with Crippen molar-refractivity contribution in [1.29, 1.82) is 0 Å². The quantitative estimate of drug-likeness (QED) is 0.707. The molecule has 92 valence electrons. The molecule has 2 rings (SSSR count). The molecule has 2 fully saturated rings. The van der Waals surface area contributed by atoms with Crippen LogP contribution < -0.4 is 11.5 Å². The predicted octanol–water partition coefficient (Wildman–Crippen LogP) is 0.313. The zero-order chi connectivity index (χ0) is 11.6. The van der Waals surface area contributed by atoms with Gasteiger partial charge in [0.1, 0.15) is 0 Å². The third-order valence-electron chi connectivity index (χ3n) is 4.18. The third-order valence-corrected chi connectivity index (χ3v) is 4.18. The van der Waals surface area contributed by atoms with Gasteiger partial charge in [0, 0.05) is 12.5 Å². The van der Waals surface area contributed by atoms with Gasteiger partial charge in [-0.05, 0) is 57.2 Å². The Morgan fingerprint density at radius 1 is 1.31 bits per heavy atom. The summed E-state index contributed by atoms with van der Waals surface area (Å²) < 4.78 is 0. The van der Waals surface area contributed by atoms with Gasteiger partial charge in [0.15, 0.2) is 0 Å². The maximum Gasteiger partial charge on any atom is 0.220 e. The number of rotatable bonds is 5. The number of hydrogen-bond donors (Lipinski definition) is 2. The second-order valence-electron chi connectivity index (χ2n) is 5.49. The van der Waals surface area contributed by atoms with E-state index < -0.39 is 0 Å². The van der Waals surface area contributed by atoms with Crippen molar-refractivity contribution < 1.29 is 4.79 Å². The zero-order valence-electron chi connectivity index (χ0n) is 9.95. The molecule has 1 heterocycles. The van der Waals surface area contributed by atoms with Crippen molar-refractivity contribution in [2.24, 2.45) is 22.8 Å². The number of hydrogen-bond acceptors (Lipinski definition) is 3.